The van der Waals surface area contributed by atoms with Gasteiger partial charge >= 0.3 is 5.97 Å². The molecule has 3 aliphatic heterocycles. The fourth-order valence-corrected chi connectivity index (χ4v) is 8.64. The van der Waals surface area contributed by atoms with Gasteiger partial charge in [0.15, 0.2) is 16.6 Å². The van der Waals surface area contributed by atoms with Crippen LogP contribution >= 0.6 is 0 Å². The zero-order valence-corrected chi connectivity index (χ0v) is 35.6. The van der Waals surface area contributed by atoms with E-state index in [9.17, 15) is 4.79 Å². The van der Waals surface area contributed by atoms with E-state index in [0.717, 1.165) is 32.1 Å². The summed E-state index contributed by atoms with van der Waals surface area (Å²) in [5.74, 6) is 0.0697. The summed E-state index contributed by atoms with van der Waals surface area (Å²) in [7, 11) is -4.36. The van der Waals surface area contributed by atoms with Crippen LogP contribution < -0.4 is 0 Å². The van der Waals surface area contributed by atoms with E-state index >= 15 is 0 Å². The summed E-state index contributed by atoms with van der Waals surface area (Å²) in [6.07, 6.45) is 22.9. The third-order valence-corrected chi connectivity index (χ3v) is 20.1. The third kappa shape index (κ3) is 13.6. The molecule has 3 rings (SSSR count). The molecule has 0 saturated carbocycles. The zero-order valence-electron chi connectivity index (χ0n) is 33.6. The van der Waals surface area contributed by atoms with E-state index in [1.807, 2.05) is 6.08 Å². The Labute approximate surface area is 307 Å². The average Bonchev–Trinajstić information content (AvgIpc) is 2.97. The molecular weight excluding hydrogens is 657 g/mol. The van der Waals surface area contributed by atoms with Crippen LogP contribution in [-0.4, -0.2) is 65.8 Å². The smallest absolute Gasteiger partial charge is 0.330 e. The van der Waals surface area contributed by atoms with Crippen molar-refractivity contribution >= 4 is 22.6 Å². The van der Waals surface area contributed by atoms with Gasteiger partial charge in [-0.25, -0.2) is 4.79 Å². The molecule has 282 valence electrons. The fraction of sp³-hybridized carbons (Fsp3) is 0.690. The van der Waals surface area contributed by atoms with Gasteiger partial charge in [0.25, 0.3) is 0 Å². The molecule has 0 fully saturated rings. The molecule has 0 aliphatic carbocycles. The molecule has 7 unspecified atom stereocenters. The van der Waals surface area contributed by atoms with E-state index < -0.39 is 28.8 Å². The van der Waals surface area contributed by atoms with Crippen LogP contribution in [0, 0.1) is 5.92 Å². The molecule has 6 nitrogen and oxygen atoms in total. The van der Waals surface area contributed by atoms with E-state index in [4.69, 9.17) is 23.1 Å². The molecule has 0 spiro atoms. The number of fused-ring (bicyclic) bond motifs is 2. The lowest BCUT2D eigenvalue weighted by atomic mass is 9.91. The van der Waals surface area contributed by atoms with Crippen molar-refractivity contribution in [1.82, 2.24) is 0 Å². The van der Waals surface area contributed by atoms with Gasteiger partial charge in [-0.15, -0.1) is 0 Å². The summed E-state index contributed by atoms with van der Waals surface area (Å²) in [4.78, 5) is 13.5. The highest BCUT2D eigenvalue weighted by atomic mass is 28.4. The molecule has 3 aliphatic rings. The highest BCUT2D eigenvalue weighted by Gasteiger charge is 2.41. The van der Waals surface area contributed by atoms with Crippen LogP contribution in [-0.2, 0) is 27.9 Å². The van der Waals surface area contributed by atoms with Gasteiger partial charge in [-0.3, -0.25) is 0 Å². The first kappa shape index (κ1) is 42.6. The minimum atomic E-state index is -2.27. The Hall–Kier alpha value is -1.82. The van der Waals surface area contributed by atoms with Crippen LogP contribution in [0.4, 0.5) is 0 Å². The minimum absolute atomic E-state index is 0.0278. The molecule has 0 N–H and O–H groups in total. The van der Waals surface area contributed by atoms with Gasteiger partial charge in [-0.2, -0.15) is 0 Å². The van der Waals surface area contributed by atoms with E-state index in [0.29, 0.717) is 25.4 Å². The highest BCUT2D eigenvalue weighted by Crippen LogP contribution is 2.40. The largest absolute Gasteiger partial charge is 0.456 e. The summed E-state index contributed by atoms with van der Waals surface area (Å²) in [5.41, 5.74) is 2.51. The second-order valence-electron chi connectivity index (χ2n) is 18.0. The summed E-state index contributed by atoms with van der Waals surface area (Å²) >= 11 is 0. The summed E-state index contributed by atoms with van der Waals surface area (Å²) in [5, 5.41) is 0.0376. The number of carbonyl (C=O) groups excluding carboxylic acids is 1. The number of cyclic esters (lactones) is 1. The van der Waals surface area contributed by atoms with Crippen LogP contribution in [0.2, 0.25) is 36.3 Å². The van der Waals surface area contributed by atoms with Crippen molar-refractivity contribution < 1.29 is 27.9 Å². The van der Waals surface area contributed by atoms with Crippen LogP contribution in [0.5, 0.6) is 0 Å². The Morgan fingerprint density at radius 1 is 0.920 bits per heavy atom. The monoisotopic (exact) mass is 726 g/mol. The number of rotatable bonds is 7. The summed E-state index contributed by atoms with van der Waals surface area (Å²) < 4.78 is 32.9. The van der Waals surface area contributed by atoms with Crippen molar-refractivity contribution in [3.63, 3.8) is 0 Å². The number of hydrogen-bond donors (Lipinski definition) is 0. The molecule has 8 heteroatoms. The van der Waals surface area contributed by atoms with Crippen molar-refractivity contribution in [2.24, 2.45) is 5.92 Å². The first-order chi connectivity index (χ1) is 23.1. The number of esters is 1. The van der Waals surface area contributed by atoms with E-state index in [2.05, 4.69) is 131 Å². The van der Waals surface area contributed by atoms with Gasteiger partial charge < -0.3 is 23.1 Å². The number of ether oxygens (including phenoxy) is 3. The Bertz CT molecular complexity index is 1280. The van der Waals surface area contributed by atoms with Crippen LogP contribution in [0.25, 0.3) is 0 Å². The first-order valence-corrected chi connectivity index (χ1v) is 24.8. The van der Waals surface area contributed by atoms with Gasteiger partial charge in [0.2, 0.25) is 0 Å². The molecule has 0 radical (unpaired) electrons. The summed E-state index contributed by atoms with van der Waals surface area (Å²) in [6, 6.07) is 0. The van der Waals surface area contributed by atoms with Crippen molar-refractivity contribution in [3.05, 3.63) is 72.4 Å². The fourth-order valence-electron chi connectivity index (χ4n) is 6.10. The Balaban J connectivity index is 2.02. The quantitative estimate of drug-likeness (QED) is 0.148. The molecule has 0 saturated heterocycles. The SMILES string of the molecule is C=C1CC(C)CC2CC=CC(C/C=C/C(=O)OC(C(C=CC3CC(C)=CCO3)O[Si](C)(C)C(C)(C)C)C/C=C/C(O[Si](C)(C)C(C)(C)C)C1)O2. The van der Waals surface area contributed by atoms with Crippen LogP contribution in [0.1, 0.15) is 100 Å². The molecule has 0 aromatic heterocycles. The first-order valence-electron chi connectivity index (χ1n) is 19.0. The van der Waals surface area contributed by atoms with E-state index in [-0.39, 0.29) is 40.5 Å². The predicted molar refractivity (Wildman–Crippen MR) is 213 cm³/mol. The molecule has 3 heterocycles. The summed E-state index contributed by atoms with van der Waals surface area (Å²) in [6.45, 7) is 32.2. The molecule has 0 aromatic rings. The van der Waals surface area contributed by atoms with Crippen LogP contribution in [0.15, 0.2) is 72.4 Å². The maximum absolute atomic E-state index is 13.5. The van der Waals surface area contributed by atoms with Gasteiger partial charge in [-0.1, -0.05) is 115 Å². The zero-order chi connectivity index (χ0) is 37.3. The van der Waals surface area contributed by atoms with E-state index in [1.165, 1.54) is 11.1 Å². The lowest BCUT2D eigenvalue weighted by molar-refractivity contribution is -0.146. The molecule has 2 bridgehead atoms. The highest BCUT2D eigenvalue weighted by molar-refractivity contribution is 6.74. The normalized spacial score (nSPS) is 30.6. The van der Waals surface area contributed by atoms with Gasteiger partial charge in [0.05, 0.1) is 31.0 Å². The third-order valence-electron chi connectivity index (χ3n) is 11.2. The Kier molecular flexibility index (Phi) is 15.6. The van der Waals surface area contributed by atoms with Crippen molar-refractivity contribution in [2.45, 2.75) is 173 Å². The molecule has 0 amide bonds. The molecule has 50 heavy (non-hydrogen) atoms. The standard InChI is InChI=1S/C42H70O6Si2/c1-31-25-26-44-35(28-31)23-24-39(48-50(12,13)42(7,8)9)38-21-15-20-37(47-49(10,11)41(4,5)6)30-33(3)27-32(2)29-36-19-14-17-34(45-36)18-16-22-40(43)46-38/h14-17,20,22-25,32,34-39H,3,18-19,21,26-30H2,1-2,4-13H3/b20-15+,22-16+,24-23?. The lowest BCUT2D eigenvalue weighted by Gasteiger charge is -2.40. The van der Waals surface area contributed by atoms with Crippen molar-refractivity contribution in [1.29, 1.82) is 0 Å². The second-order valence-corrected chi connectivity index (χ2v) is 27.5. The van der Waals surface area contributed by atoms with Crippen LogP contribution in [0.3, 0.4) is 0 Å². The average molecular weight is 727 g/mol. The molecule has 7 atom stereocenters. The predicted octanol–water partition coefficient (Wildman–Crippen LogP) is 11.0. The van der Waals surface area contributed by atoms with E-state index in [1.54, 1.807) is 6.08 Å². The molecular formula is C42H70O6Si2. The van der Waals surface area contributed by atoms with Gasteiger partial charge in [0.1, 0.15) is 12.2 Å². The topological polar surface area (TPSA) is 63.2 Å². The number of hydrogen-bond acceptors (Lipinski definition) is 6. The Morgan fingerprint density at radius 3 is 2.26 bits per heavy atom. The number of carbonyl (C=O) groups is 1. The second kappa shape index (κ2) is 18.3. The van der Waals surface area contributed by atoms with Crippen molar-refractivity contribution in [2.75, 3.05) is 6.61 Å². The Morgan fingerprint density at radius 2 is 1.60 bits per heavy atom. The lowest BCUT2D eigenvalue weighted by Crippen LogP contribution is -2.47. The maximum Gasteiger partial charge on any atom is 0.330 e. The maximum atomic E-state index is 13.5. The van der Waals surface area contributed by atoms with Gasteiger partial charge in [-0.05, 0) is 87.6 Å². The van der Waals surface area contributed by atoms with Crippen molar-refractivity contribution in [3.8, 4) is 0 Å². The van der Waals surface area contributed by atoms with Gasteiger partial charge in [0, 0.05) is 12.5 Å². The molecule has 0 aromatic carbocycles. The minimum Gasteiger partial charge on any atom is -0.456 e.